The Morgan fingerprint density at radius 1 is 1.38 bits per heavy atom. The molecule has 0 saturated carbocycles. The zero-order valence-electron chi connectivity index (χ0n) is 7.47. The summed E-state index contributed by atoms with van der Waals surface area (Å²) >= 11 is 0. The molecule has 4 nitrogen and oxygen atoms in total. The molecule has 5 heteroatoms. The molecule has 0 aliphatic rings. The van der Waals surface area contributed by atoms with Crippen molar-refractivity contribution in [3.8, 4) is 0 Å². The highest BCUT2D eigenvalue weighted by Gasteiger charge is 2.17. The SMILES string of the molecule is CC(C)OS(=O)(=O)c1ccccn1. The van der Waals surface area contributed by atoms with Crippen molar-refractivity contribution in [3.63, 3.8) is 0 Å². The standard InChI is InChI=1S/C8H11NO3S/c1-7(2)12-13(10,11)8-5-3-4-6-9-8/h3-7H,1-2H3. The van der Waals surface area contributed by atoms with E-state index in [2.05, 4.69) is 4.98 Å². The predicted octanol–water partition coefficient (Wildman–Crippen LogP) is 1.20. The van der Waals surface area contributed by atoms with Gasteiger partial charge < -0.3 is 0 Å². The van der Waals surface area contributed by atoms with Gasteiger partial charge in [0.1, 0.15) is 0 Å². The van der Waals surface area contributed by atoms with Gasteiger partial charge in [-0.2, -0.15) is 8.42 Å². The first-order valence-electron chi connectivity index (χ1n) is 3.87. The van der Waals surface area contributed by atoms with Crippen molar-refractivity contribution in [1.82, 2.24) is 4.98 Å². The van der Waals surface area contributed by atoms with Crippen LogP contribution in [0.1, 0.15) is 13.8 Å². The Kier molecular flexibility index (Phi) is 3.00. The van der Waals surface area contributed by atoms with E-state index in [-0.39, 0.29) is 11.1 Å². The Bertz CT molecular complexity index is 358. The summed E-state index contributed by atoms with van der Waals surface area (Å²) in [4.78, 5) is 3.69. The largest absolute Gasteiger partial charge is 0.314 e. The topological polar surface area (TPSA) is 56.3 Å². The van der Waals surface area contributed by atoms with E-state index in [1.807, 2.05) is 0 Å². The predicted molar refractivity (Wildman–Crippen MR) is 47.6 cm³/mol. The summed E-state index contributed by atoms with van der Waals surface area (Å²) in [5.41, 5.74) is 0. The normalized spacial score (nSPS) is 11.9. The number of pyridine rings is 1. The van der Waals surface area contributed by atoms with Crippen LogP contribution in [0.5, 0.6) is 0 Å². The van der Waals surface area contributed by atoms with E-state index < -0.39 is 10.1 Å². The van der Waals surface area contributed by atoms with Crippen LogP contribution in [0.4, 0.5) is 0 Å². The monoisotopic (exact) mass is 201 g/mol. The Hall–Kier alpha value is -0.940. The van der Waals surface area contributed by atoms with Crippen LogP contribution in [-0.2, 0) is 14.3 Å². The molecule has 0 aliphatic heterocycles. The number of rotatable bonds is 3. The van der Waals surface area contributed by atoms with Crippen molar-refractivity contribution in [1.29, 1.82) is 0 Å². The minimum Gasteiger partial charge on any atom is -0.262 e. The lowest BCUT2D eigenvalue weighted by atomic mass is 10.5. The number of hydrogen-bond acceptors (Lipinski definition) is 4. The second-order valence-corrected chi connectivity index (χ2v) is 4.29. The van der Waals surface area contributed by atoms with Crippen molar-refractivity contribution >= 4 is 10.1 Å². The molecule has 0 aliphatic carbocycles. The van der Waals surface area contributed by atoms with Gasteiger partial charge in [-0.3, -0.25) is 4.18 Å². The van der Waals surface area contributed by atoms with E-state index in [1.165, 1.54) is 12.3 Å². The summed E-state index contributed by atoms with van der Waals surface area (Å²) in [5, 5.41) is -0.0521. The molecular weight excluding hydrogens is 190 g/mol. The van der Waals surface area contributed by atoms with Crippen molar-refractivity contribution in [2.75, 3.05) is 0 Å². The Labute approximate surface area is 77.7 Å². The highest BCUT2D eigenvalue weighted by atomic mass is 32.2. The van der Waals surface area contributed by atoms with Crippen LogP contribution in [0.15, 0.2) is 29.4 Å². The molecule has 72 valence electrons. The van der Waals surface area contributed by atoms with Gasteiger partial charge in [-0.1, -0.05) is 6.07 Å². The lowest BCUT2D eigenvalue weighted by Crippen LogP contribution is -2.13. The first kappa shape index (κ1) is 10.1. The lowest BCUT2D eigenvalue weighted by molar-refractivity contribution is 0.248. The van der Waals surface area contributed by atoms with Gasteiger partial charge in [-0.15, -0.1) is 0 Å². The van der Waals surface area contributed by atoms with E-state index >= 15 is 0 Å². The summed E-state index contributed by atoms with van der Waals surface area (Å²) in [7, 11) is -3.67. The van der Waals surface area contributed by atoms with Gasteiger partial charge in [0.15, 0.2) is 5.03 Å². The van der Waals surface area contributed by atoms with E-state index in [0.717, 1.165) is 0 Å². The maximum Gasteiger partial charge on any atom is 0.314 e. The molecule has 0 radical (unpaired) electrons. The van der Waals surface area contributed by atoms with Gasteiger partial charge >= 0.3 is 10.1 Å². The number of aromatic nitrogens is 1. The second kappa shape index (κ2) is 3.85. The molecule has 0 bridgehead atoms. The third-order valence-electron chi connectivity index (χ3n) is 1.21. The first-order chi connectivity index (χ1) is 6.02. The van der Waals surface area contributed by atoms with Crippen LogP contribution >= 0.6 is 0 Å². The molecule has 0 fully saturated rings. The van der Waals surface area contributed by atoms with E-state index in [1.54, 1.807) is 26.0 Å². The fraction of sp³-hybridized carbons (Fsp3) is 0.375. The van der Waals surface area contributed by atoms with Gasteiger partial charge in [0, 0.05) is 6.20 Å². The molecule has 0 aromatic carbocycles. The van der Waals surface area contributed by atoms with Crippen LogP contribution in [-0.4, -0.2) is 19.5 Å². The minimum absolute atomic E-state index is 0.0521. The average molecular weight is 201 g/mol. The molecule has 13 heavy (non-hydrogen) atoms. The van der Waals surface area contributed by atoms with E-state index in [4.69, 9.17) is 4.18 Å². The summed E-state index contributed by atoms with van der Waals surface area (Å²) in [6, 6.07) is 4.65. The fourth-order valence-electron chi connectivity index (χ4n) is 0.798. The van der Waals surface area contributed by atoms with Gasteiger partial charge in [-0.25, -0.2) is 4.98 Å². The van der Waals surface area contributed by atoms with Crippen molar-refractivity contribution in [3.05, 3.63) is 24.4 Å². The summed E-state index contributed by atoms with van der Waals surface area (Å²) < 4.78 is 27.4. The molecule has 1 aromatic rings. The molecule has 0 saturated heterocycles. The van der Waals surface area contributed by atoms with Crippen molar-refractivity contribution in [2.45, 2.75) is 25.0 Å². The zero-order chi connectivity index (χ0) is 9.90. The second-order valence-electron chi connectivity index (χ2n) is 2.77. The molecule has 1 aromatic heterocycles. The molecule has 0 N–H and O–H groups in total. The Morgan fingerprint density at radius 3 is 2.54 bits per heavy atom. The van der Waals surface area contributed by atoms with Gasteiger partial charge in [0.05, 0.1) is 6.10 Å². The average Bonchev–Trinajstić information content (AvgIpc) is 2.04. The quantitative estimate of drug-likeness (QED) is 0.689. The highest BCUT2D eigenvalue weighted by Crippen LogP contribution is 2.09. The zero-order valence-corrected chi connectivity index (χ0v) is 8.28. The fourth-order valence-corrected chi connectivity index (χ4v) is 1.84. The van der Waals surface area contributed by atoms with Crippen molar-refractivity contribution < 1.29 is 12.6 Å². The van der Waals surface area contributed by atoms with Crippen LogP contribution < -0.4 is 0 Å². The van der Waals surface area contributed by atoms with Crippen LogP contribution in [0.25, 0.3) is 0 Å². The molecule has 0 amide bonds. The van der Waals surface area contributed by atoms with Crippen LogP contribution in [0.2, 0.25) is 0 Å². The van der Waals surface area contributed by atoms with Crippen LogP contribution in [0, 0.1) is 0 Å². The summed E-state index contributed by atoms with van der Waals surface area (Å²) in [6.07, 6.45) is 1.04. The summed E-state index contributed by atoms with van der Waals surface area (Å²) in [6.45, 7) is 3.31. The molecule has 0 unspecified atom stereocenters. The van der Waals surface area contributed by atoms with E-state index in [9.17, 15) is 8.42 Å². The first-order valence-corrected chi connectivity index (χ1v) is 5.27. The Balaban J connectivity index is 2.96. The lowest BCUT2D eigenvalue weighted by Gasteiger charge is -2.06. The molecule has 0 atom stereocenters. The minimum atomic E-state index is -3.67. The number of hydrogen-bond donors (Lipinski definition) is 0. The summed E-state index contributed by atoms with van der Waals surface area (Å²) in [5.74, 6) is 0. The van der Waals surface area contributed by atoms with Gasteiger partial charge in [-0.05, 0) is 26.0 Å². The third-order valence-corrected chi connectivity index (χ3v) is 2.61. The highest BCUT2D eigenvalue weighted by molar-refractivity contribution is 7.86. The van der Waals surface area contributed by atoms with E-state index in [0.29, 0.717) is 0 Å². The van der Waals surface area contributed by atoms with Crippen molar-refractivity contribution in [2.24, 2.45) is 0 Å². The molecule has 0 spiro atoms. The van der Waals surface area contributed by atoms with Crippen LogP contribution in [0.3, 0.4) is 0 Å². The third kappa shape index (κ3) is 2.78. The van der Waals surface area contributed by atoms with Gasteiger partial charge in [0.2, 0.25) is 0 Å². The molecule has 1 heterocycles. The smallest absolute Gasteiger partial charge is 0.262 e. The number of nitrogens with zero attached hydrogens (tertiary/aromatic N) is 1. The maximum absolute atomic E-state index is 11.4. The maximum atomic E-state index is 11.4. The Morgan fingerprint density at radius 2 is 2.08 bits per heavy atom. The molecule has 1 rings (SSSR count). The van der Waals surface area contributed by atoms with Gasteiger partial charge in [0.25, 0.3) is 0 Å². The molecular formula is C8H11NO3S.